The molecule has 0 N–H and O–H groups in total. The Morgan fingerprint density at radius 3 is 1.86 bits per heavy atom. The van der Waals surface area contributed by atoms with Gasteiger partial charge in [0.25, 0.3) is 7.82 Å². The highest BCUT2D eigenvalue weighted by Gasteiger charge is 2.20. The Morgan fingerprint density at radius 2 is 1.31 bits per heavy atom. The van der Waals surface area contributed by atoms with Crippen LogP contribution in [0.15, 0.2) is 0 Å². The number of hydrogen-bond donors (Lipinski definition) is 0. The number of phosphoric ester groups is 1. The Labute approximate surface area is 257 Å². The molecule has 9 nitrogen and oxygen atoms in total. The van der Waals surface area contributed by atoms with Crippen molar-refractivity contribution in [3.05, 3.63) is 0 Å². The van der Waals surface area contributed by atoms with Gasteiger partial charge in [-0.3, -0.25) is 9.36 Å². The third-order valence-electron chi connectivity index (χ3n) is 7.16. The monoisotopic (exact) mass is 621 g/mol. The molecule has 0 spiro atoms. The number of likely N-dealkylation sites (N-methyl/N-ethyl adjacent to an activating group) is 1. The van der Waals surface area contributed by atoms with E-state index in [1.165, 1.54) is 77.0 Å². The molecule has 0 aliphatic heterocycles. The van der Waals surface area contributed by atoms with Gasteiger partial charge in [0.1, 0.15) is 25.5 Å². The van der Waals surface area contributed by atoms with Gasteiger partial charge in [0.2, 0.25) is 0 Å². The second-order valence-electron chi connectivity index (χ2n) is 12.5. The maximum Gasteiger partial charge on any atom is 0.306 e. The van der Waals surface area contributed by atoms with Crippen molar-refractivity contribution in [1.82, 2.24) is 0 Å². The number of unbranched alkanes of at least 4 members (excludes halogenated alkanes) is 16. The Bertz CT molecular complexity index is 686. The van der Waals surface area contributed by atoms with Gasteiger partial charge < -0.3 is 32.7 Å². The molecule has 250 valence electrons. The molecule has 0 heterocycles. The average Bonchev–Trinajstić information content (AvgIpc) is 2.92. The van der Waals surface area contributed by atoms with Crippen molar-refractivity contribution in [1.29, 1.82) is 0 Å². The van der Waals surface area contributed by atoms with Gasteiger partial charge in [0, 0.05) is 25.9 Å². The van der Waals surface area contributed by atoms with Crippen LogP contribution in [0.3, 0.4) is 0 Å². The number of carbonyl (C=O) groups excluding carboxylic acids is 2. The zero-order valence-corrected chi connectivity index (χ0v) is 28.4. The van der Waals surface area contributed by atoms with Crippen molar-refractivity contribution in [2.45, 2.75) is 141 Å². The topological polar surface area (TPSA) is 111 Å². The summed E-state index contributed by atoms with van der Waals surface area (Å²) >= 11 is 0. The Morgan fingerprint density at radius 1 is 0.762 bits per heavy atom. The van der Waals surface area contributed by atoms with Crippen molar-refractivity contribution >= 4 is 20.1 Å². The van der Waals surface area contributed by atoms with Crippen molar-refractivity contribution in [2.75, 3.05) is 54.1 Å². The predicted octanol–water partition coefficient (Wildman–Crippen LogP) is 7.14. The molecule has 0 fully saturated rings. The van der Waals surface area contributed by atoms with Crippen LogP contribution >= 0.6 is 7.82 Å². The van der Waals surface area contributed by atoms with E-state index in [9.17, 15) is 19.0 Å². The molecule has 0 amide bonds. The highest BCUT2D eigenvalue weighted by atomic mass is 31.2. The summed E-state index contributed by atoms with van der Waals surface area (Å²) in [7, 11) is 1.30. The zero-order valence-electron chi connectivity index (χ0n) is 27.5. The molecule has 10 heteroatoms. The normalized spacial score (nSPS) is 14.0. The number of ether oxygens (including phenoxy) is 2. The molecular formula is C32H64NO8P. The van der Waals surface area contributed by atoms with Gasteiger partial charge in [-0.05, 0) is 19.3 Å². The van der Waals surface area contributed by atoms with Gasteiger partial charge in [-0.25, -0.2) is 0 Å². The number of phosphoric acid groups is 1. The van der Waals surface area contributed by atoms with E-state index in [1.54, 1.807) is 0 Å². The van der Waals surface area contributed by atoms with Crippen molar-refractivity contribution < 1.29 is 42.1 Å². The largest absolute Gasteiger partial charge is 0.756 e. The van der Waals surface area contributed by atoms with E-state index in [4.69, 9.17) is 18.5 Å². The molecule has 0 aliphatic carbocycles. The second-order valence-corrected chi connectivity index (χ2v) is 13.9. The number of rotatable bonds is 32. The maximum atomic E-state index is 12.3. The number of nitrogens with zero attached hydrogens (tertiary/aromatic N) is 1. The average molecular weight is 622 g/mol. The van der Waals surface area contributed by atoms with Gasteiger partial charge >= 0.3 is 5.97 Å². The Balaban J connectivity index is 4.15. The van der Waals surface area contributed by atoms with Gasteiger partial charge in [-0.1, -0.05) is 96.8 Å². The molecule has 0 radical (unpaired) electrons. The Kier molecular flexibility index (Phi) is 27.2. The van der Waals surface area contributed by atoms with Crippen LogP contribution in [-0.4, -0.2) is 77.0 Å². The Hall–Kier alpha value is -0.830. The number of quaternary nitrogens is 1. The van der Waals surface area contributed by atoms with Crippen LogP contribution in [0.1, 0.15) is 135 Å². The molecule has 42 heavy (non-hydrogen) atoms. The minimum Gasteiger partial charge on any atom is -0.756 e. The summed E-state index contributed by atoms with van der Waals surface area (Å²) < 4.78 is 34.0. The number of hydrogen-bond acceptors (Lipinski definition) is 8. The first-order valence-electron chi connectivity index (χ1n) is 16.7. The molecule has 0 aromatic heterocycles. The summed E-state index contributed by atoms with van der Waals surface area (Å²) in [5, 5.41) is 0. The standard InChI is InChI=1S/C32H64NO8P/c1-5-6-7-8-9-10-11-12-13-14-15-16-19-22-27-38-28-24-31(41-32(35)23-20-17-18-21-26-34)30-40-42(36,37)39-29-25-33(2,3)4/h26,31H,5-25,27-30H2,1-4H3. The molecule has 0 saturated heterocycles. The summed E-state index contributed by atoms with van der Waals surface area (Å²) in [4.78, 5) is 34.9. The van der Waals surface area contributed by atoms with E-state index in [2.05, 4.69) is 6.92 Å². The fourth-order valence-electron chi connectivity index (χ4n) is 4.45. The smallest absolute Gasteiger partial charge is 0.306 e. The van der Waals surface area contributed by atoms with Crippen LogP contribution in [-0.2, 0) is 32.7 Å². The lowest BCUT2D eigenvalue weighted by Gasteiger charge is -2.28. The molecule has 0 rings (SSSR count). The summed E-state index contributed by atoms with van der Waals surface area (Å²) in [6.45, 7) is 3.46. The fourth-order valence-corrected chi connectivity index (χ4v) is 5.18. The first kappa shape index (κ1) is 41.2. The minimum absolute atomic E-state index is 0.0117. The lowest BCUT2D eigenvalue weighted by atomic mass is 10.0. The number of esters is 1. The molecule has 0 aromatic rings. The fraction of sp³-hybridized carbons (Fsp3) is 0.938. The predicted molar refractivity (Wildman–Crippen MR) is 167 cm³/mol. The van der Waals surface area contributed by atoms with E-state index in [-0.39, 0.29) is 19.6 Å². The SMILES string of the molecule is CCCCCCCCCCCCCCCCOCCC(COP(=O)([O-])OCC[N+](C)(C)C)OC(=O)CCCCCC=O. The zero-order chi connectivity index (χ0) is 31.4. The van der Waals surface area contributed by atoms with Gasteiger partial charge in [-0.2, -0.15) is 0 Å². The van der Waals surface area contributed by atoms with E-state index in [0.29, 0.717) is 43.5 Å². The molecule has 0 aliphatic rings. The van der Waals surface area contributed by atoms with Gasteiger partial charge in [0.15, 0.2) is 0 Å². The van der Waals surface area contributed by atoms with Crippen LogP contribution in [0.4, 0.5) is 0 Å². The van der Waals surface area contributed by atoms with Crippen molar-refractivity contribution in [3.8, 4) is 0 Å². The minimum atomic E-state index is -4.51. The van der Waals surface area contributed by atoms with Crippen molar-refractivity contribution in [3.63, 3.8) is 0 Å². The number of carbonyl (C=O) groups is 2. The molecule has 2 unspecified atom stereocenters. The van der Waals surface area contributed by atoms with Crippen LogP contribution in [0.2, 0.25) is 0 Å². The van der Waals surface area contributed by atoms with E-state index in [0.717, 1.165) is 32.0 Å². The van der Waals surface area contributed by atoms with E-state index in [1.807, 2.05) is 21.1 Å². The van der Waals surface area contributed by atoms with E-state index < -0.39 is 19.9 Å². The summed E-state index contributed by atoms with van der Waals surface area (Å²) in [6.07, 6.45) is 21.5. The number of aldehydes is 1. The van der Waals surface area contributed by atoms with Crippen molar-refractivity contribution in [2.24, 2.45) is 0 Å². The third-order valence-corrected chi connectivity index (χ3v) is 8.12. The van der Waals surface area contributed by atoms with Gasteiger partial charge in [-0.15, -0.1) is 0 Å². The first-order valence-corrected chi connectivity index (χ1v) is 18.2. The van der Waals surface area contributed by atoms with Crippen LogP contribution in [0.25, 0.3) is 0 Å². The third kappa shape index (κ3) is 30.6. The summed E-state index contributed by atoms with van der Waals surface area (Å²) in [5.41, 5.74) is 0. The summed E-state index contributed by atoms with van der Waals surface area (Å²) in [5.74, 6) is -0.409. The molecule has 0 bridgehead atoms. The lowest BCUT2D eigenvalue weighted by Crippen LogP contribution is -2.37. The molecule has 0 saturated carbocycles. The summed E-state index contributed by atoms with van der Waals surface area (Å²) in [6, 6.07) is 0. The lowest BCUT2D eigenvalue weighted by molar-refractivity contribution is -0.870. The van der Waals surface area contributed by atoms with Crippen LogP contribution in [0, 0.1) is 0 Å². The van der Waals surface area contributed by atoms with Crippen LogP contribution in [0.5, 0.6) is 0 Å². The molecule has 0 aromatic carbocycles. The highest BCUT2D eigenvalue weighted by Crippen LogP contribution is 2.38. The molecular weight excluding hydrogens is 557 g/mol. The van der Waals surface area contributed by atoms with E-state index >= 15 is 0 Å². The highest BCUT2D eigenvalue weighted by molar-refractivity contribution is 7.45. The molecule has 2 atom stereocenters. The second kappa shape index (κ2) is 27.7. The van der Waals surface area contributed by atoms with Crippen LogP contribution < -0.4 is 4.89 Å². The first-order chi connectivity index (χ1) is 20.1. The maximum absolute atomic E-state index is 12.3. The quantitative estimate of drug-likeness (QED) is 0.0256. The van der Waals surface area contributed by atoms with Gasteiger partial charge in [0.05, 0.1) is 34.4 Å².